The van der Waals surface area contributed by atoms with E-state index in [1.165, 1.54) is 0 Å². The summed E-state index contributed by atoms with van der Waals surface area (Å²) in [5, 5.41) is 11.8. The second kappa shape index (κ2) is 3.61. The fraction of sp³-hybridized carbons (Fsp3) is 0.467. The first-order valence-electron chi connectivity index (χ1n) is 6.37. The molecule has 90 valence electrons. The maximum absolute atomic E-state index is 10.7. The summed E-state index contributed by atoms with van der Waals surface area (Å²) in [4.78, 5) is 0. The number of aryl methyl sites for hydroxylation is 1. The van der Waals surface area contributed by atoms with Crippen LogP contribution in [0.2, 0.25) is 0 Å². The molecule has 0 amide bonds. The highest BCUT2D eigenvalue weighted by Gasteiger charge is 2.46. The van der Waals surface area contributed by atoms with E-state index in [9.17, 15) is 5.11 Å². The van der Waals surface area contributed by atoms with Crippen molar-refractivity contribution in [1.29, 1.82) is 0 Å². The standard InChI is InChI=1S/C15H18O2/c1-3-15(16,12-7-8-12)13-9-11-6-4-5-10(2)14(11)17-13/h4-6,9,12,16H,3,7-8H2,1-2H3. The molecule has 2 heteroatoms. The molecule has 1 atom stereocenters. The van der Waals surface area contributed by atoms with Crippen molar-refractivity contribution in [3.8, 4) is 0 Å². The van der Waals surface area contributed by atoms with E-state index in [4.69, 9.17) is 4.42 Å². The molecule has 1 unspecified atom stereocenters. The normalized spacial score (nSPS) is 19.5. The summed E-state index contributed by atoms with van der Waals surface area (Å²) in [6.45, 7) is 4.07. The van der Waals surface area contributed by atoms with Gasteiger partial charge in [0.2, 0.25) is 0 Å². The van der Waals surface area contributed by atoms with Crippen LogP contribution >= 0.6 is 0 Å². The summed E-state index contributed by atoms with van der Waals surface area (Å²) in [6.07, 6.45) is 2.94. The lowest BCUT2D eigenvalue weighted by Crippen LogP contribution is -2.26. The summed E-state index contributed by atoms with van der Waals surface area (Å²) in [7, 11) is 0. The minimum Gasteiger partial charge on any atom is -0.458 e. The van der Waals surface area contributed by atoms with Gasteiger partial charge in [-0.05, 0) is 43.7 Å². The number of benzene rings is 1. The first kappa shape index (κ1) is 10.8. The zero-order valence-electron chi connectivity index (χ0n) is 10.4. The Morgan fingerprint density at radius 1 is 1.41 bits per heavy atom. The van der Waals surface area contributed by atoms with Crippen LogP contribution in [0.1, 0.15) is 37.5 Å². The van der Waals surface area contributed by atoms with Gasteiger partial charge < -0.3 is 9.52 Å². The van der Waals surface area contributed by atoms with Gasteiger partial charge in [-0.1, -0.05) is 25.1 Å². The zero-order chi connectivity index (χ0) is 12.0. The van der Waals surface area contributed by atoms with Crippen molar-refractivity contribution in [1.82, 2.24) is 0 Å². The molecule has 1 N–H and O–H groups in total. The molecule has 2 nitrogen and oxygen atoms in total. The molecule has 2 aromatic rings. The van der Waals surface area contributed by atoms with Crippen molar-refractivity contribution < 1.29 is 9.52 Å². The second-order valence-electron chi connectivity index (χ2n) is 5.16. The minimum absolute atomic E-state index is 0.383. The van der Waals surface area contributed by atoms with Gasteiger partial charge in [0, 0.05) is 5.39 Å². The molecule has 0 saturated heterocycles. The van der Waals surface area contributed by atoms with Gasteiger partial charge in [-0.2, -0.15) is 0 Å². The average Bonchev–Trinajstić information content (AvgIpc) is 3.08. The largest absolute Gasteiger partial charge is 0.458 e. The number of para-hydroxylation sites is 1. The molecule has 0 bridgehead atoms. The van der Waals surface area contributed by atoms with Gasteiger partial charge in [-0.3, -0.25) is 0 Å². The fourth-order valence-corrected chi connectivity index (χ4v) is 2.65. The quantitative estimate of drug-likeness (QED) is 0.871. The smallest absolute Gasteiger partial charge is 0.137 e. The summed E-state index contributed by atoms with van der Waals surface area (Å²) in [6, 6.07) is 8.11. The van der Waals surface area contributed by atoms with Crippen molar-refractivity contribution >= 4 is 11.0 Å². The summed E-state index contributed by atoms with van der Waals surface area (Å²) >= 11 is 0. The molecule has 1 fully saturated rings. The highest BCUT2D eigenvalue weighted by molar-refractivity contribution is 5.81. The van der Waals surface area contributed by atoms with E-state index in [1.54, 1.807) is 0 Å². The molecule has 17 heavy (non-hydrogen) atoms. The Hall–Kier alpha value is -1.28. The molecular weight excluding hydrogens is 212 g/mol. The molecule has 0 aliphatic heterocycles. The highest BCUT2D eigenvalue weighted by atomic mass is 16.4. The van der Waals surface area contributed by atoms with Gasteiger partial charge in [0.1, 0.15) is 16.9 Å². The minimum atomic E-state index is -0.758. The molecule has 0 spiro atoms. The summed E-state index contributed by atoms with van der Waals surface area (Å²) in [5.74, 6) is 1.13. The molecule has 0 radical (unpaired) electrons. The van der Waals surface area contributed by atoms with Crippen LogP contribution in [0.25, 0.3) is 11.0 Å². The first-order valence-corrected chi connectivity index (χ1v) is 6.37. The van der Waals surface area contributed by atoms with Crippen LogP contribution in [-0.4, -0.2) is 5.11 Å². The third-order valence-electron chi connectivity index (χ3n) is 3.96. The summed E-state index contributed by atoms with van der Waals surface area (Å²) < 4.78 is 5.91. The lowest BCUT2D eigenvalue weighted by atomic mass is 9.91. The highest BCUT2D eigenvalue weighted by Crippen LogP contribution is 2.48. The Balaban J connectivity index is 2.14. The van der Waals surface area contributed by atoms with E-state index < -0.39 is 5.60 Å². The number of aliphatic hydroxyl groups is 1. The molecule has 1 saturated carbocycles. The number of furan rings is 1. The van der Waals surface area contributed by atoms with Crippen LogP contribution in [0.15, 0.2) is 28.7 Å². The van der Waals surface area contributed by atoms with E-state index in [0.717, 1.165) is 41.6 Å². The SMILES string of the molecule is CCC(O)(c1cc2cccc(C)c2o1)C1CC1. The van der Waals surface area contributed by atoms with Gasteiger partial charge in [-0.25, -0.2) is 0 Å². The second-order valence-corrected chi connectivity index (χ2v) is 5.16. The van der Waals surface area contributed by atoms with Crippen molar-refractivity contribution in [3.63, 3.8) is 0 Å². The molecule has 1 aromatic carbocycles. The van der Waals surface area contributed by atoms with Crippen molar-refractivity contribution in [2.24, 2.45) is 5.92 Å². The number of hydrogen-bond acceptors (Lipinski definition) is 2. The van der Waals surface area contributed by atoms with E-state index in [1.807, 2.05) is 38.1 Å². The third-order valence-corrected chi connectivity index (χ3v) is 3.96. The Labute approximate surface area is 101 Å². The van der Waals surface area contributed by atoms with Gasteiger partial charge in [0.25, 0.3) is 0 Å². The maximum Gasteiger partial charge on any atom is 0.137 e. The van der Waals surface area contributed by atoms with Crippen molar-refractivity contribution in [3.05, 3.63) is 35.6 Å². The maximum atomic E-state index is 10.7. The monoisotopic (exact) mass is 230 g/mol. The first-order chi connectivity index (χ1) is 8.15. The Bertz CT molecular complexity index is 551. The van der Waals surface area contributed by atoms with E-state index >= 15 is 0 Å². The topological polar surface area (TPSA) is 33.4 Å². The van der Waals surface area contributed by atoms with Gasteiger partial charge in [0.05, 0.1) is 0 Å². The van der Waals surface area contributed by atoms with Crippen LogP contribution in [0.4, 0.5) is 0 Å². The zero-order valence-corrected chi connectivity index (χ0v) is 10.4. The number of fused-ring (bicyclic) bond motifs is 1. The van der Waals surface area contributed by atoms with Crippen LogP contribution in [0.5, 0.6) is 0 Å². The number of rotatable bonds is 3. The predicted octanol–water partition coefficient (Wildman–Crippen LogP) is 3.75. The van der Waals surface area contributed by atoms with Gasteiger partial charge in [0.15, 0.2) is 0 Å². The van der Waals surface area contributed by atoms with Crippen LogP contribution in [0, 0.1) is 12.8 Å². The Kier molecular flexibility index (Phi) is 2.30. The average molecular weight is 230 g/mol. The van der Waals surface area contributed by atoms with Gasteiger partial charge in [-0.15, -0.1) is 0 Å². The van der Waals surface area contributed by atoms with E-state index in [-0.39, 0.29) is 0 Å². The van der Waals surface area contributed by atoms with E-state index in [2.05, 4.69) is 0 Å². The molecular formula is C15H18O2. The lowest BCUT2D eigenvalue weighted by molar-refractivity contribution is -0.0103. The molecule has 3 rings (SSSR count). The molecule has 1 aliphatic rings. The van der Waals surface area contributed by atoms with Crippen LogP contribution in [0.3, 0.4) is 0 Å². The molecule has 1 aromatic heterocycles. The van der Waals surface area contributed by atoms with Crippen molar-refractivity contribution in [2.75, 3.05) is 0 Å². The van der Waals surface area contributed by atoms with Crippen LogP contribution < -0.4 is 0 Å². The molecule has 1 aliphatic carbocycles. The number of hydrogen-bond donors (Lipinski definition) is 1. The predicted molar refractivity (Wildman–Crippen MR) is 67.9 cm³/mol. The third kappa shape index (κ3) is 1.59. The van der Waals surface area contributed by atoms with Crippen LogP contribution in [-0.2, 0) is 5.60 Å². The molecule has 1 heterocycles. The summed E-state index contributed by atoms with van der Waals surface area (Å²) in [5.41, 5.74) is 1.28. The van der Waals surface area contributed by atoms with Gasteiger partial charge >= 0.3 is 0 Å². The van der Waals surface area contributed by atoms with Crippen molar-refractivity contribution in [2.45, 2.75) is 38.7 Å². The van der Waals surface area contributed by atoms with E-state index in [0.29, 0.717) is 5.92 Å². The Morgan fingerprint density at radius 3 is 2.76 bits per heavy atom. The lowest BCUT2D eigenvalue weighted by Gasteiger charge is -2.23. The fourth-order valence-electron chi connectivity index (χ4n) is 2.65. The Morgan fingerprint density at radius 2 is 2.18 bits per heavy atom.